The zero-order valence-electron chi connectivity index (χ0n) is 12.2. The fourth-order valence-corrected chi connectivity index (χ4v) is 3.69. The molecule has 0 aromatic heterocycles. The van der Waals surface area contributed by atoms with Crippen LogP contribution in [0.15, 0.2) is 0 Å². The maximum Gasteiger partial charge on any atom is 0.246 e. The van der Waals surface area contributed by atoms with Gasteiger partial charge in [-0.25, -0.2) is 0 Å². The number of amides is 2. The molecule has 0 spiro atoms. The molecular formula is C15H24N2O2. The second-order valence-electron chi connectivity index (χ2n) is 6.99. The van der Waals surface area contributed by atoms with E-state index in [0.29, 0.717) is 11.3 Å². The monoisotopic (exact) mass is 264 g/mol. The van der Waals surface area contributed by atoms with Crippen LogP contribution in [0.2, 0.25) is 0 Å². The Balaban J connectivity index is 1.80. The van der Waals surface area contributed by atoms with Crippen molar-refractivity contribution in [3.63, 3.8) is 0 Å². The van der Waals surface area contributed by atoms with Gasteiger partial charge in [-0.2, -0.15) is 0 Å². The van der Waals surface area contributed by atoms with E-state index in [1.807, 2.05) is 16.7 Å². The van der Waals surface area contributed by atoms with E-state index in [-0.39, 0.29) is 23.9 Å². The Morgan fingerprint density at radius 1 is 1.26 bits per heavy atom. The van der Waals surface area contributed by atoms with Crippen molar-refractivity contribution >= 4 is 11.8 Å². The number of fused-ring (bicyclic) bond motifs is 1. The number of rotatable bonds is 3. The standard InChI is InChI=1S/C15H24N2O2/c1-4-11-13(18)16-7-5-6-12(16)14(19)17(11)9-10-8-15(10,2)3/h10-12H,4-9H2,1-3H3. The van der Waals surface area contributed by atoms with Crippen LogP contribution in [0.4, 0.5) is 0 Å². The number of piperazine rings is 1. The molecule has 2 amide bonds. The van der Waals surface area contributed by atoms with Crippen molar-refractivity contribution in [2.45, 2.75) is 58.5 Å². The van der Waals surface area contributed by atoms with E-state index in [4.69, 9.17) is 0 Å². The molecular weight excluding hydrogens is 240 g/mol. The lowest BCUT2D eigenvalue weighted by atomic mass is 10.0. The van der Waals surface area contributed by atoms with E-state index in [1.165, 1.54) is 6.42 Å². The predicted octanol–water partition coefficient (Wildman–Crippen LogP) is 1.64. The van der Waals surface area contributed by atoms with Crippen LogP contribution in [0, 0.1) is 11.3 Å². The molecule has 3 unspecified atom stereocenters. The van der Waals surface area contributed by atoms with Gasteiger partial charge in [0.05, 0.1) is 0 Å². The third kappa shape index (κ3) is 1.96. The fourth-order valence-electron chi connectivity index (χ4n) is 3.69. The van der Waals surface area contributed by atoms with E-state index in [0.717, 1.165) is 32.4 Å². The highest BCUT2D eigenvalue weighted by atomic mass is 16.2. The maximum atomic E-state index is 12.6. The van der Waals surface area contributed by atoms with E-state index < -0.39 is 0 Å². The van der Waals surface area contributed by atoms with Crippen LogP contribution in [0.3, 0.4) is 0 Å². The summed E-state index contributed by atoms with van der Waals surface area (Å²) in [6.07, 6.45) is 3.74. The van der Waals surface area contributed by atoms with Gasteiger partial charge in [-0.05, 0) is 37.0 Å². The number of nitrogens with zero attached hydrogens (tertiary/aromatic N) is 2. The second-order valence-corrected chi connectivity index (χ2v) is 6.99. The SMILES string of the molecule is CCC1C(=O)N2CCCC2C(=O)N1CC1CC1(C)C. The molecule has 106 valence electrons. The molecule has 3 atom stereocenters. The first-order valence-corrected chi connectivity index (χ1v) is 7.56. The number of carbonyl (C=O) groups is 2. The van der Waals surface area contributed by atoms with Gasteiger partial charge >= 0.3 is 0 Å². The number of carbonyl (C=O) groups excluding carboxylic acids is 2. The van der Waals surface area contributed by atoms with Crippen molar-refractivity contribution in [1.82, 2.24) is 9.80 Å². The first-order valence-electron chi connectivity index (χ1n) is 7.56. The van der Waals surface area contributed by atoms with Crippen molar-refractivity contribution < 1.29 is 9.59 Å². The Morgan fingerprint density at radius 2 is 1.95 bits per heavy atom. The van der Waals surface area contributed by atoms with Gasteiger partial charge in [0.1, 0.15) is 12.1 Å². The smallest absolute Gasteiger partial charge is 0.246 e. The van der Waals surface area contributed by atoms with Gasteiger partial charge in [-0.3, -0.25) is 9.59 Å². The number of hydrogen-bond donors (Lipinski definition) is 0. The predicted molar refractivity (Wildman–Crippen MR) is 72.4 cm³/mol. The topological polar surface area (TPSA) is 40.6 Å². The van der Waals surface area contributed by atoms with Crippen LogP contribution in [0.25, 0.3) is 0 Å². The summed E-state index contributed by atoms with van der Waals surface area (Å²) in [5.74, 6) is 0.959. The first kappa shape index (κ1) is 12.9. The Bertz CT molecular complexity index is 418. The molecule has 3 fully saturated rings. The highest BCUT2D eigenvalue weighted by molar-refractivity contribution is 5.97. The molecule has 0 radical (unpaired) electrons. The molecule has 0 aromatic rings. The van der Waals surface area contributed by atoms with Gasteiger partial charge in [-0.15, -0.1) is 0 Å². The van der Waals surface area contributed by atoms with E-state index >= 15 is 0 Å². The van der Waals surface area contributed by atoms with Crippen molar-refractivity contribution in [2.75, 3.05) is 13.1 Å². The van der Waals surface area contributed by atoms with E-state index in [2.05, 4.69) is 13.8 Å². The van der Waals surface area contributed by atoms with Crippen LogP contribution >= 0.6 is 0 Å². The summed E-state index contributed by atoms with van der Waals surface area (Å²) in [7, 11) is 0. The third-order valence-electron chi connectivity index (χ3n) is 5.29. The van der Waals surface area contributed by atoms with Gasteiger partial charge in [0.15, 0.2) is 0 Å². The van der Waals surface area contributed by atoms with Crippen LogP contribution in [-0.4, -0.2) is 46.8 Å². The molecule has 4 nitrogen and oxygen atoms in total. The Hall–Kier alpha value is -1.06. The summed E-state index contributed by atoms with van der Waals surface area (Å²) in [4.78, 5) is 28.8. The summed E-state index contributed by atoms with van der Waals surface area (Å²) >= 11 is 0. The highest BCUT2D eigenvalue weighted by Gasteiger charge is 2.52. The minimum Gasteiger partial charge on any atom is -0.329 e. The minimum atomic E-state index is -0.210. The lowest BCUT2D eigenvalue weighted by molar-refractivity contribution is -0.159. The minimum absolute atomic E-state index is 0.155. The molecule has 0 aromatic carbocycles. The van der Waals surface area contributed by atoms with Gasteiger partial charge in [-0.1, -0.05) is 20.8 Å². The summed E-state index contributed by atoms with van der Waals surface area (Å²) in [6.45, 7) is 8.06. The van der Waals surface area contributed by atoms with Gasteiger partial charge in [0.2, 0.25) is 11.8 Å². The van der Waals surface area contributed by atoms with Crippen molar-refractivity contribution in [3.8, 4) is 0 Å². The fraction of sp³-hybridized carbons (Fsp3) is 0.867. The Kier molecular flexibility index (Phi) is 2.88. The largest absolute Gasteiger partial charge is 0.329 e. The molecule has 19 heavy (non-hydrogen) atoms. The van der Waals surface area contributed by atoms with Crippen LogP contribution in [0.1, 0.15) is 46.5 Å². The van der Waals surface area contributed by atoms with Gasteiger partial charge in [0.25, 0.3) is 0 Å². The molecule has 3 aliphatic rings. The molecule has 4 heteroatoms. The van der Waals surface area contributed by atoms with E-state index in [9.17, 15) is 9.59 Å². The van der Waals surface area contributed by atoms with E-state index in [1.54, 1.807) is 0 Å². The molecule has 2 saturated heterocycles. The zero-order valence-corrected chi connectivity index (χ0v) is 12.2. The highest BCUT2D eigenvalue weighted by Crippen LogP contribution is 2.52. The maximum absolute atomic E-state index is 12.6. The Morgan fingerprint density at radius 3 is 2.53 bits per heavy atom. The number of hydrogen-bond acceptors (Lipinski definition) is 2. The summed E-state index contributed by atoms with van der Waals surface area (Å²) in [5.41, 5.74) is 0.356. The van der Waals surface area contributed by atoms with Crippen LogP contribution < -0.4 is 0 Å². The average molecular weight is 264 g/mol. The summed E-state index contributed by atoms with van der Waals surface area (Å²) in [5, 5.41) is 0. The average Bonchev–Trinajstić information content (AvgIpc) is 2.81. The van der Waals surface area contributed by atoms with Crippen molar-refractivity contribution in [1.29, 1.82) is 0 Å². The molecule has 2 heterocycles. The molecule has 3 rings (SSSR count). The van der Waals surface area contributed by atoms with Crippen molar-refractivity contribution in [3.05, 3.63) is 0 Å². The molecule has 0 bridgehead atoms. The molecule has 1 saturated carbocycles. The lowest BCUT2D eigenvalue weighted by Gasteiger charge is -2.42. The summed E-state index contributed by atoms with van der Waals surface area (Å²) < 4.78 is 0. The second kappa shape index (κ2) is 4.22. The Labute approximate surface area is 115 Å². The van der Waals surface area contributed by atoms with Crippen LogP contribution in [0.5, 0.6) is 0 Å². The summed E-state index contributed by atoms with van der Waals surface area (Å²) in [6, 6.07) is -0.365. The lowest BCUT2D eigenvalue weighted by Crippen LogP contribution is -2.63. The van der Waals surface area contributed by atoms with Gasteiger partial charge in [0, 0.05) is 13.1 Å². The van der Waals surface area contributed by atoms with Crippen molar-refractivity contribution in [2.24, 2.45) is 11.3 Å². The molecule has 2 aliphatic heterocycles. The molecule has 1 aliphatic carbocycles. The quantitative estimate of drug-likeness (QED) is 0.777. The molecule has 0 N–H and O–H groups in total. The third-order valence-corrected chi connectivity index (χ3v) is 5.29. The van der Waals surface area contributed by atoms with Gasteiger partial charge < -0.3 is 9.80 Å². The first-order chi connectivity index (χ1) is 8.95. The normalized spacial score (nSPS) is 36.7. The zero-order chi connectivity index (χ0) is 13.8. The van der Waals surface area contributed by atoms with Crippen LogP contribution in [-0.2, 0) is 9.59 Å².